The van der Waals surface area contributed by atoms with Gasteiger partial charge in [-0.3, -0.25) is 0 Å². The van der Waals surface area contributed by atoms with Gasteiger partial charge in [0.1, 0.15) is 6.29 Å². The first-order valence-electron chi connectivity index (χ1n) is 6.25. The van der Waals surface area contributed by atoms with Gasteiger partial charge in [-0.2, -0.15) is 0 Å². The van der Waals surface area contributed by atoms with E-state index in [9.17, 15) is 9.90 Å². The second kappa shape index (κ2) is 7.44. The number of hydrogen-bond donors (Lipinski definition) is 2. The molecule has 16 heavy (non-hydrogen) atoms. The highest BCUT2D eigenvalue weighted by atomic mass is 16.3. The summed E-state index contributed by atoms with van der Waals surface area (Å²) in [6.45, 7) is 0. The molecule has 0 aliphatic heterocycles. The minimum absolute atomic E-state index is 0.367. The second-order valence-electron chi connectivity index (χ2n) is 4.58. The molecule has 1 aliphatic rings. The Morgan fingerprint density at radius 2 is 1.94 bits per heavy atom. The molecule has 0 spiro atoms. The van der Waals surface area contributed by atoms with Crippen LogP contribution in [0.3, 0.4) is 0 Å². The summed E-state index contributed by atoms with van der Waals surface area (Å²) in [6, 6.07) is 0. The third kappa shape index (κ3) is 3.97. The van der Waals surface area contributed by atoms with Crippen LogP contribution in [0.2, 0.25) is 0 Å². The molecule has 0 aromatic carbocycles. The number of aliphatic hydroxyl groups excluding tert-OH is 2. The maximum absolute atomic E-state index is 10.1. The van der Waals surface area contributed by atoms with Gasteiger partial charge in [-0.15, -0.1) is 0 Å². The summed E-state index contributed by atoms with van der Waals surface area (Å²) >= 11 is 0. The number of unbranched alkanes of at least 4 members (excludes halogenated alkanes) is 4. The van der Waals surface area contributed by atoms with E-state index in [1.54, 1.807) is 0 Å². The smallest absolute Gasteiger partial charge is 0.119 e. The number of carbonyl (C=O) groups excluding carboxylic acids is 1. The summed E-state index contributed by atoms with van der Waals surface area (Å²) in [6.07, 6.45) is 9.47. The van der Waals surface area contributed by atoms with Crippen molar-refractivity contribution in [1.29, 1.82) is 0 Å². The SMILES string of the molecule is O=CCCCCCC[C@H]1CC[C@@H](O)/C1=C/O. The van der Waals surface area contributed by atoms with Crippen LogP contribution >= 0.6 is 0 Å². The number of rotatable bonds is 7. The van der Waals surface area contributed by atoms with Crippen LogP contribution in [0.1, 0.15) is 51.4 Å². The average Bonchev–Trinajstić information content (AvgIpc) is 2.64. The molecule has 1 aliphatic carbocycles. The number of aliphatic hydroxyl groups is 2. The van der Waals surface area contributed by atoms with Crippen LogP contribution < -0.4 is 0 Å². The third-order valence-electron chi connectivity index (χ3n) is 3.42. The normalized spacial score (nSPS) is 27.4. The third-order valence-corrected chi connectivity index (χ3v) is 3.42. The van der Waals surface area contributed by atoms with Gasteiger partial charge in [0.15, 0.2) is 0 Å². The molecule has 3 nitrogen and oxygen atoms in total. The van der Waals surface area contributed by atoms with Crippen molar-refractivity contribution in [3.05, 3.63) is 11.8 Å². The van der Waals surface area contributed by atoms with E-state index in [0.717, 1.165) is 63.1 Å². The molecule has 1 saturated carbocycles. The lowest BCUT2D eigenvalue weighted by Gasteiger charge is -2.11. The first kappa shape index (κ1) is 13.2. The standard InChI is InChI=1S/C13H22O3/c14-9-5-3-1-2-4-6-11-7-8-13(16)12(11)10-15/h9-11,13,15-16H,1-8H2/b12-10+/t11-,13+/m0/s1. The number of aldehydes is 1. The van der Waals surface area contributed by atoms with Crippen molar-refractivity contribution >= 4 is 6.29 Å². The van der Waals surface area contributed by atoms with E-state index in [2.05, 4.69) is 0 Å². The second-order valence-corrected chi connectivity index (χ2v) is 4.58. The molecule has 0 heterocycles. The van der Waals surface area contributed by atoms with Gasteiger partial charge in [0.05, 0.1) is 12.4 Å². The van der Waals surface area contributed by atoms with Crippen LogP contribution in [0, 0.1) is 5.92 Å². The molecule has 0 aromatic rings. The van der Waals surface area contributed by atoms with E-state index in [4.69, 9.17) is 5.11 Å². The molecule has 0 amide bonds. The highest BCUT2D eigenvalue weighted by Crippen LogP contribution is 2.34. The van der Waals surface area contributed by atoms with Gasteiger partial charge in [0.2, 0.25) is 0 Å². The molecule has 1 fully saturated rings. The number of hydrogen-bond acceptors (Lipinski definition) is 3. The Bertz CT molecular complexity index is 235. The van der Waals surface area contributed by atoms with E-state index in [-0.39, 0.29) is 0 Å². The summed E-state index contributed by atoms with van der Waals surface area (Å²) in [7, 11) is 0. The molecule has 0 saturated heterocycles. The predicted octanol–water partition coefficient (Wildman–Crippen LogP) is 2.74. The lowest BCUT2D eigenvalue weighted by molar-refractivity contribution is -0.107. The van der Waals surface area contributed by atoms with Crippen molar-refractivity contribution in [2.45, 2.75) is 57.5 Å². The van der Waals surface area contributed by atoms with Crippen molar-refractivity contribution in [1.82, 2.24) is 0 Å². The van der Waals surface area contributed by atoms with Gasteiger partial charge in [-0.05, 0) is 37.2 Å². The fraction of sp³-hybridized carbons (Fsp3) is 0.769. The molecule has 92 valence electrons. The van der Waals surface area contributed by atoms with Crippen LogP contribution in [-0.4, -0.2) is 22.6 Å². The summed E-state index contributed by atoms with van der Waals surface area (Å²) in [5, 5.41) is 18.6. The summed E-state index contributed by atoms with van der Waals surface area (Å²) in [4.78, 5) is 10.1. The first-order valence-corrected chi connectivity index (χ1v) is 6.25. The molecule has 2 atom stereocenters. The molecular weight excluding hydrogens is 204 g/mol. The molecule has 0 aromatic heterocycles. The Morgan fingerprint density at radius 1 is 1.19 bits per heavy atom. The minimum atomic E-state index is -0.426. The molecule has 1 rings (SSSR count). The number of carbonyl (C=O) groups is 1. The fourth-order valence-corrected chi connectivity index (χ4v) is 2.44. The maximum atomic E-state index is 10.1. The Hall–Kier alpha value is -0.830. The summed E-state index contributed by atoms with van der Waals surface area (Å²) in [5.41, 5.74) is 0.813. The van der Waals surface area contributed by atoms with E-state index in [0.29, 0.717) is 12.3 Å². The van der Waals surface area contributed by atoms with Crippen LogP contribution in [0.25, 0.3) is 0 Å². The predicted molar refractivity (Wildman–Crippen MR) is 63.2 cm³/mol. The molecule has 0 unspecified atom stereocenters. The molecule has 0 bridgehead atoms. The van der Waals surface area contributed by atoms with Crippen molar-refractivity contribution in [3.63, 3.8) is 0 Å². The van der Waals surface area contributed by atoms with Gasteiger partial charge >= 0.3 is 0 Å². The Labute approximate surface area is 97.2 Å². The lowest BCUT2D eigenvalue weighted by atomic mass is 9.95. The molecule has 3 heteroatoms. The van der Waals surface area contributed by atoms with Crippen molar-refractivity contribution in [2.24, 2.45) is 5.92 Å². The van der Waals surface area contributed by atoms with Gasteiger partial charge in [0, 0.05) is 6.42 Å². The van der Waals surface area contributed by atoms with Crippen LogP contribution in [0.4, 0.5) is 0 Å². The zero-order chi connectivity index (χ0) is 11.8. The van der Waals surface area contributed by atoms with E-state index in [1.807, 2.05) is 0 Å². The molecule has 2 N–H and O–H groups in total. The average molecular weight is 226 g/mol. The Morgan fingerprint density at radius 3 is 2.62 bits per heavy atom. The van der Waals surface area contributed by atoms with Gasteiger partial charge < -0.3 is 15.0 Å². The van der Waals surface area contributed by atoms with Gasteiger partial charge in [0.25, 0.3) is 0 Å². The van der Waals surface area contributed by atoms with E-state index in [1.165, 1.54) is 0 Å². The van der Waals surface area contributed by atoms with Crippen molar-refractivity contribution in [3.8, 4) is 0 Å². The van der Waals surface area contributed by atoms with Gasteiger partial charge in [-0.1, -0.05) is 19.3 Å². The first-order chi connectivity index (χ1) is 7.79. The van der Waals surface area contributed by atoms with E-state index >= 15 is 0 Å². The van der Waals surface area contributed by atoms with E-state index < -0.39 is 6.10 Å². The van der Waals surface area contributed by atoms with Crippen LogP contribution in [0.15, 0.2) is 11.8 Å². The topological polar surface area (TPSA) is 57.5 Å². The highest BCUT2D eigenvalue weighted by Gasteiger charge is 2.28. The zero-order valence-corrected chi connectivity index (χ0v) is 9.77. The highest BCUT2D eigenvalue weighted by molar-refractivity contribution is 5.48. The molecule has 0 radical (unpaired) electrons. The summed E-state index contributed by atoms with van der Waals surface area (Å²) < 4.78 is 0. The van der Waals surface area contributed by atoms with Crippen molar-refractivity contribution < 1.29 is 15.0 Å². The monoisotopic (exact) mass is 226 g/mol. The summed E-state index contributed by atoms with van der Waals surface area (Å²) in [5.74, 6) is 0.367. The zero-order valence-electron chi connectivity index (χ0n) is 9.77. The van der Waals surface area contributed by atoms with Gasteiger partial charge in [-0.25, -0.2) is 0 Å². The lowest BCUT2D eigenvalue weighted by Crippen LogP contribution is -2.06. The molecular formula is C13H22O3. The Balaban J connectivity index is 2.11. The quantitative estimate of drug-likeness (QED) is 0.398. The maximum Gasteiger partial charge on any atom is 0.119 e. The van der Waals surface area contributed by atoms with Crippen LogP contribution in [-0.2, 0) is 4.79 Å². The minimum Gasteiger partial charge on any atom is -0.516 e. The van der Waals surface area contributed by atoms with Crippen molar-refractivity contribution in [2.75, 3.05) is 0 Å². The Kier molecular flexibility index (Phi) is 6.16. The fourth-order valence-electron chi connectivity index (χ4n) is 2.44. The largest absolute Gasteiger partial charge is 0.516 e. The van der Waals surface area contributed by atoms with Crippen LogP contribution in [0.5, 0.6) is 0 Å².